The Hall–Kier alpha value is -1.61. The van der Waals surface area contributed by atoms with Crippen LogP contribution < -0.4 is 5.32 Å². The second-order valence-corrected chi connectivity index (χ2v) is 5.31. The number of aromatic nitrogens is 1. The number of ketones is 1. The number of hydrogen-bond donors (Lipinski definition) is 1. The standard InChI is InChI=1S/C15H18N2O/c1-16-10-15(7-8-15)14(18)12-9-17(2)13-6-4-3-5-11(12)13/h3-6,9,16H,7-8,10H2,1-2H3. The summed E-state index contributed by atoms with van der Waals surface area (Å²) >= 11 is 0. The summed E-state index contributed by atoms with van der Waals surface area (Å²) in [7, 11) is 3.91. The number of hydrogen-bond acceptors (Lipinski definition) is 2. The van der Waals surface area contributed by atoms with Crippen LogP contribution in [0, 0.1) is 5.41 Å². The van der Waals surface area contributed by atoms with E-state index in [0.717, 1.165) is 35.9 Å². The van der Waals surface area contributed by atoms with Crippen molar-refractivity contribution in [3.63, 3.8) is 0 Å². The SMILES string of the molecule is CNCC1(C(=O)c2cn(C)c3ccccc23)CC1. The van der Waals surface area contributed by atoms with Gasteiger partial charge in [-0.05, 0) is 26.0 Å². The first-order valence-corrected chi connectivity index (χ1v) is 6.41. The molecule has 94 valence electrons. The Morgan fingerprint density at radius 2 is 2.11 bits per heavy atom. The second kappa shape index (κ2) is 3.95. The average Bonchev–Trinajstić information content (AvgIpc) is 3.09. The van der Waals surface area contributed by atoms with Crippen LogP contribution in [0.15, 0.2) is 30.5 Å². The van der Waals surface area contributed by atoms with Crippen LogP contribution in [0.25, 0.3) is 10.9 Å². The van der Waals surface area contributed by atoms with Crippen LogP contribution in [0.1, 0.15) is 23.2 Å². The largest absolute Gasteiger partial charge is 0.350 e. The lowest BCUT2D eigenvalue weighted by atomic mass is 9.94. The Labute approximate surface area is 107 Å². The molecular formula is C15H18N2O. The van der Waals surface area contributed by atoms with Gasteiger partial charge in [-0.25, -0.2) is 0 Å². The molecule has 0 radical (unpaired) electrons. The van der Waals surface area contributed by atoms with E-state index in [9.17, 15) is 4.79 Å². The summed E-state index contributed by atoms with van der Waals surface area (Å²) in [5.74, 6) is 0.300. The molecule has 0 amide bonds. The minimum atomic E-state index is -0.140. The monoisotopic (exact) mass is 242 g/mol. The fraction of sp³-hybridized carbons (Fsp3) is 0.400. The summed E-state index contributed by atoms with van der Waals surface area (Å²) in [5.41, 5.74) is 1.86. The van der Waals surface area contributed by atoms with Gasteiger partial charge in [-0.2, -0.15) is 0 Å². The van der Waals surface area contributed by atoms with Gasteiger partial charge in [0.25, 0.3) is 0 Å². The van der Waals surface area contributed by atoms with E-state index in [2.05, 4.69) is 11.4 Å². The van der Waals surface area contributed by atoms with Crippen LogP contribution in [0.2, 0.25) is 0 Å². The number of fused-ring (bicyclic) bond motifs is 1. The normalized spacial score (nSPS) is 17.0. The molecule has 1 aromatic heterocycles. The van der Waals surface area contributed by atoms with E-state index in [0.29, 0.717) is 5.78 Å². The molecule has 1 saturated carbocycles. The Morgan fingerprint density at radius 3 is 2.78 bits per heavy atom. The highest BCUT2D eigenvalue weighted by atomic mass is 16.1. The van der Waals surface area contributed by atoms with Crippen LogP contribution in [0.3, 0.4) is 0 Å². The van der Waals surface area contributed by atoms with Crippen molar-refractivity contribution in [2.75, 3.05) is 13.6 Å². The molecule has 1 aliphatic rings. The molecule has 18 heavy (non-hydrogen) atoms. The molecule has 2 aromatic rings. The highest BCUT2D eigenvalue weighted by Crippen LogP contribution is 2.48. The van der Waals surface area contributed by atoms with E-state index < -0.39 is 0 Å². The first-order valence-electron chi connectivity index (χ1n) is 6.41. The van der Waals surface area contributed by atoms with Crippen molar-refractivity contribution in [3.8, 4) is 0 Å². The number of rotatable bonds is 4. The zero-order chi connectivity index (χ0) is 12.8. The number of carbonyl (C=O) groups is 1. The van der Waals surface area contributed by atoms with E-state index in [1.54, 1.807) is 0 Å². The number of aryl methyl sites for hydroxylation is 1. The molecule has 0 aliphatic heterocycles. The fourth-order valence-corrected chi connectivity index (χ4v) is 2.78. The van der Waals surface area contributed by atoms with E-state index >= 15 is 0 Å². The number of nitrogens with one attached hydrogen (secondary N) is 1. The molecule has 0 saturated heterocycles. The van der Waals surface area contributed by atoms with Gasteiger partial charge in [-0.3, -0.25) is 4.79 Å². The zero-order valence-corrected chi connectivity index (χ0v) is 10.9. The van der Waals surface area contributed by atoms with Gasteiger partial charge >= 0.3 is 0 Å². The predicted octanol–water partition coefficient (Wildman–Crippen LogP) is 2.36. The van der Waals surface area contributed by atoms with Crippen molar-refractivity contribution in [2.24, 2.45) is 12.5 Å². The molecule has 1 N–H and O–H groups in total. The third-order valence-corrected chi connectivity index (χ3v) is 3.99. The molecule has 0 unspecified atom stereocenters. The van der Waals surface area contributed by atoms with Crippen molar-refractivity contribution in [1.29, 1.82) is 0 Å². The summed E-state index contributed by atoms with van der Waals surface area (Å²) in [5, 5.41) is 4.22. The van der Waals surface area contributed by atoms with Crippen molar-refractivity contribution >= 4 is 16.7 Å². The summed E-state index contributed by atoms with van der Waals surface area (Å²) in [6.45, 7) is 0.787. The lowest BCUT2D eigenvalue weighted by Gasteiger charge is -2.12. The molecule has 1 aromatic carbocycles. The van der Waals surface area contributed by atoms with Gasteiger partial charge in [0.05, 0.1) is 0 Å². The summed E-state index contributed by atoms with van der Waals surface area (Å²) in [6, 6.07) is 8.11. The molecule has 1 aliphatic carbocycles. The minimum Gasteiger partial charge on any atom is -0.350 e. The number of nitrogens with zero attached hydrogens (tertiary/aromatic N) is 1. The third kappa shape index (κ3) is 1.58. The highest BCUT2D eigenvalue weighted by Gasteiger charge is 2.49. The van der Waals surface area contributed by atoms with E-state index in [-0.39, 0.29) is 5.41 Å². The maximum atomic E-state index is 12.7. The molecular weight excluding hydrogens is 224 g/mol. The van der Waals surface area contributed by atoms with Crippen molar-refractivity contribution in [3.05, 3.63) is 36.0 Å². The van der Waals surface area contributed by atoms with Crippen LogP contribution >= 0.6 is 0 Å². The fourth-order valence-electron chi connectivity index (χ4n) is 2.78. The lowest BCUT2D eigenvalue weighted by molar-refractivity contribution is 0.0902. The predicted molar refractivity (Wildman–Crippen MR) is 72.8 cm³/mol. The van der Waals surface area contributed by atoms with Gasteiger partial charge in [0.15, 0.2) is 5.78 Å². The van der Waals surface area contributed by atoms with Crippen LogP contribution in [-0.2, 0) is 7.05 Å². The minimum absolute atomic E-state index is 0.140. The first-order chi connectivity index (χ1) is 8.68. The van der Waals surface area contributed by atoms with Crippen molar-refractivity contribution in [2.45, 2.75) is 12.8 Å². The van der Waals surface area contributed by atoms with Crippen LogP contribution in [0.4, 0.5) is 0 Å². The molecule has 3 rings (SSSR count). The van der Waals surface area contributed by atoms with Crippen molar-refractivity contribution < 1.29 is 4.79 Å². The smallest absolute Gasteiger partial charge is 0.172 e. The lowest BCUT2D eigenvalue weighted by Crippen LogP contribution is -2.27. The van der Waals surface area contributed by atoms with Gasteiger partial charge in [-0.1, -0.05) is 18.2 Å². The summed E-state index contributed by atoms with van der Waals surface area (Å²) < 4.78 is 2.04. The Kier molecular flexibility index (Phi) is 2.52. The topological polar surface area (TPSA) is 34.0 Å². The van der Waals surface area contributed by atoms with Gasteiger partial charge < -0.3 is 9.88 Å². The summed E-state index contributed by atoms with van der Waals surface area (Å²) in [4.78, 5) is 12.7. The van der Waals surface area contributed by atoms with Gasteiger partial charge in [-0.15, -0.1) is 0 Å². The molecule has 3 heteroatoms. The molecule has 1 heterocycles. The molecule has 1 fully saturated rings. The van der Waals surface area contributed by atoms with E-state index in [1.807, 2.05) is 43.1 Å². The van der Waals surface area contributed by atoms with Crippen molar-refractivity contribution in [1.82, 2.24) is 9.88 Å². The Balaban J connectivity index is 2.07. The van der Waals surface area contributed by atoms with Gasteiger partial charge in [0, 0.05) is 41.7 Å². The number of carbonyl (C=O) groups excluding carboxylic acids is 1. The van der Waals surface area contributed by atoms with E-state index in [4.69, 9.17) is 0 Å². The third-order valence-electron chi connectivity index (χ3n) is 3.99. The number of Topliss-reactive ketones (excluding diaryl/α,β-unsaturated/α-hetero) is 1. The Morgan fingerprint density at radius 1 is 1.39 bits per heavy atom. The maximum Gasteiger partial charge on any atom is 0.172 e. The van der Waals surface area contributed by atoms with E-state index in [1.165, 1.54) is 0 Å². The van der Waals surface area contributed by atoms with Crippen LogP contribution in [0.5, 0.6) is 0 Å². The van der Waals surface area contributed by atoms with Crippen LogP contribution in [-0.4, -0.2) is 23.9 Å². The average molecular weight is 242 g/mol. The maximum absolute atomic E-state index is 12.7. The zero-order valence-electron chi connectivity index (χ0n) is 10.9. The molecule has 0 bridgehead atoms. The molecule has 0 spiro atoms. The molecule has 3 nitrogen and oxygen atoms in total. The highest BCUT2D eigenvalue weighted by molar-refractivity contribution is 6.11. The van der Waals surface area contributed by atoms with Gasteiger partial charge in [0.1, 0.15) is 0 Å². The number of benzene rings is 1. The summed E-state index contributed by atoms with van der Waals surface area (Å²) in [6.07, 6.45) is 3.99. The quantitative estimate of drug-likeness (QED) is 0.835. The second-order valence-electron chi connectivity index (χ2n) is 5.31. The van der Waals surface area contributed by atoms with Gasteiger partial charge in [0.2, 0.25) is 0 Å². The number of para-hydroxylation sites is 1. The first kappa shape index (κ1) is 11.5. The molecule has 0 atom stereocenters. The Bertz CT molecular complexity index is 608.